The highest BCUT2D eigenvalue weighted by molar-refractivity contribution is 6.30. The lowest BCUT2D eigenvalue weighted by Gasteiger charge is -2.19. The van der Waals surface area contributed by atoms with E-state index in [-0.39, 0.29) is 11.3 Å². The lowest BCUT2D eigenvalue weighted by Crippen LogP contribution is -2.15. The minimum atomic E-state index is -0.243. The van der Waals surface area contributed by atoms with Crippen molar-refractivity contribution in [2.75, 3.05) is 5.32 Å². The number of amides is 1. The summed E-state index contributed by atoms with van der Waals surface area (Å²) in [5.74, 6) is -0.243. The van der Waals surface area contributed by atoms with Crippen LogP contribution < -0.4 is 5.32 Å². The van der Waals surface area contributed by atoms with E-state index in [9.17, 15) is 4.79 Å². The van der Waals surface area contributed by atoms with E-state index in [0.29, 0.717) is 10.7 Å². The van der Waals surface area contributed by atoms with Gasteiger partial charge in [-0.15, -0.1) is 0 Å². The quantitative estimate of drug-likeness (QED) is 0.896. The summed E-state index contributed by atoms with van der Waals surface area (Å²) < 4.78 is 0. The van der Waals surface area contributed by atoms with Gasteiger partial charge < -0.3 is 5.32 Å². The van der Waals surface area contributed by atoms with Crippen molar-refractivity contribution < 1.29 is 4.79 Å². The molecule has 0 spiro atoms. The van der Waals surface area contributed by atoms with Crippen molar-refractivity contribution in [2.24, 2.45) is 0 Å². The van der Waals surface area contributed by atoms with E-state index in [0.717, 1.165) is 5.69 Å². The van der Waals surface area contributed by atoms with E-state index in [2.05, 4.69) is 37.1 Å². The first-order valence-corrected chi connectivity index (χ1v) is 6.77. The number of halogens is 1. The zero-order valence-electron chi connectivity index (χ0n) is 11.8. The number of benzene rings is 1. The second-order valence-electron chi connectivity index (χ2n) is 5.65. The fourth-order valence-corrected chi connectivity index (χ4v) is 1.88. The Bertz CT molecular complexity index is 615. The normalized spacial score (nSPS) is 11.2. The molecule has 0 saturated heterocycles. The summed E-state index contributed by atoms with van der Waals surface area (Å²) in [6.45, 7) is 6.40. The van der Waals surface area contributed by atoms with Gasteiger partial charge in [-0.1, -0.05) is 44.5 Å². The maximum Gasteiger partial charge on any atom is 0.274 e. The van der Waals surface area contributed by atoms with Crippen LogP contribution >= 0.6 is 11.6 Å². The van der Waals surface area contributed by atoms with Crippen molar-refractivity contribution in [2.45, 2.75) is 26.2 Å². The molecule has 2 rings (SSSR count). The van der Waals surface area contributed by atoms with E-state index in [4.69, 9.17) is 11.6 Å². The van der Waals surface area contributed by atoms with Gasteiger partial charge in [-0.2, -0.15) is 0 Å². The Hall–Kier alpha value is -1.87. The summed E-state index contributed by atoms with van der Waals surface area (Å²) in [6.07, 6.45) is 1.46. The molecule has 1 amide bonds. The fourth-order valence-electron chi connectivity index (χ4n) is 1.77. The zero-order valence-corrected chi connectivity index (χ0v) is 12.5. The van der Waals surface area contributed by atoms with Crippen LogP contribution in [-0.2, 0) is 5.41 Å². The molecule has 0 bridgehead atoms. The molecular formula is C16H17ClN2O. The smallest absolute Gasteiger partial charge is 0.274 e. The number of nitrogens with one attached hydrogen (secondary N) is 1. The average Bonchev–Trinajstić information content (AvgIpc) is 2.38. The SMILES string of the molecule is CC(C)(C)c1cccc(NC(=O)c2ccc(Cl)cn2)c1. The summed E-state index contributed by atoms with van der Waals surface area (Å²) >= 11 is 5.75. The van der Waals surface area contributed by atoms with Crippen LogP contribution in [0.25, 0.3) is 0 Å². The van der Waals surface area contributed by atoms with Gasteiger partial charge >= 0.3 is 0 Å². The molecule has 20 heavy (non-hydrogen) atoms. The van der Waals surface area contributed by atoms with E-state index in [1.165, 1.54) is 11.8 Å². The standard InChI is InChI=1S/C16H17ClN2O/c1-16(2,3)11-5-4-6-13(9-11)19-15(20)14-8-7-12(17)10-18-14/h4-10H,1-3H3,(H,19,20). The van der Waals surface area contributed by atoms with Gasteiger partial charge in [0.05, 0.1) is 5.02 Å². The molecule has 1 aromatic carbocycles. The van der Waals surface area contributed by atoms with Crippen molar-refractivity contribution in [1.82, 2.24) is 4.98 Å². The molecule has 0 atom stereocenters. The van der Waals surface area contributed by atoms with Crippen molar-refractivity contribution >= 4 is 23.2 Å². The van der Waals surface area contributed by atoms with Gasteiger partial charge in [0, 0.05) is 11.9 Å². The zero-order chi connectivity index (χ0) is 14.8. The van der Waals surface area contributed by atoms with Crippen molar-refractivity contribution in [3.63, 3.8) is 0 Å². The van der Waals surface area contributed by atoms with Crippen molar-refractivity contribution in [1.29, 1.82) is 0 Å². The predicted molar refractivity (Wildman–Crippen MR) is 82.3 cm³/mol. The average molecular weight is 289 g/mol. The molecule has 0 radical (unpaired) electrons. The minimum Gasteiger partial charge on any atom is -0.321 e. The van der Waals surface area contributed by atoms with Crippen LogP contribution in [0.15, 0.2) is 42.6 Å². The number of carbonyl (C=O) groups is 1. The lowest BCUT2D eigenvalue weighted by molar-refractivity contribution is 0.102. The highest BCUT2D eigenvalue weighted by atomic mass is 35.5. The van der Waals surface area contributed by atoms with Gasteiger partial charge in [-0.05, 0) is 35.2 Å². The predicted octanol–water partition coefficient (Wildman–Crippen LogP) is 4.28. The number of pyridine rings is 1. The van der Waals surface area contributed by atoms with E-state index in [1.54, 1.807) is 12.1 Å². The largest absolute Gasteiger partial charge is 0.321 e. The molecule has 0 aliphatic carbocycles. The molecule has 3 nitrogen and oxygen atoms in total. The van der Waals surface area contributed by atoms with Gasteiger partial charge in [0.2, 0.25) is 0 Å². The summed E-state index contributed by atoms with van der Waals surface area (Å²) in [5, 5.41) is 3.36. The summed E-state index contributed by atoms with van der Waals surface area (Å²) in [6, 6.07) is 11.1. The lowest BCUT2D eigenvalue weighted by atomic mass is 9.87. The number of carbonyl (C=O) groups excluding carboxylic acids is 1. The first-order valence-electron chi connectivity index (χ1n) is 6.40. The maximum absolute atomic E-state index is 12.1. The van der Waals surface area contributed by atoms with Crippen LogP contribution in [0.3, 0.4) is 0 Å². The molecule has 0 fully saturated rings. The molecule has 0 aliphatic rings. The summed E-state index contributed by atoms with van der Waals surface area (Å²) in [7, 11) is 0. The molecule has 0 aliphatic heterocycles. The van der Waals surface area contributed by atoms with Crippen LogP contribution in [0.1, 0.15) is 36.8 Å². The Morgan fingerprint density at radius 3 is 2.55 bits per heavy atom. The third-order valence-corrected chi connectivity index (χ3v) is 3.17. The Balaban J connectivity index is 2.18. The third kappa shape index (κ3) is 3.58. The monoisotopic (exact) mass is 288 g/mol. The highest BCUT2D eigenvalue weighted by Crippen LogP contribution is 2.24. The topological polar surface area (TPSA) is 42.0 Å². The Morgan fingerprint density at radius 2 is 1.95 bits per heavy atom. The second kappa shape index (κ2) is 5.63. The molecule has 0 saturated carbocycles. The first-order chi connectivity index (χ1) is 9.36. The minimum absolute atomic E-state index is 0.0409. The Morgan fingerprint density at radius 1 is 1.20 bits per heavy atom. The molecule has 2 aromatic rings. The third-order valence-electron chi connectivity index (χ3n) is 2.95. The molecule has 1 N–H and O–H groups in total. The van der Waals surface area contributed by atoms with E-state index in [1.807, 2.05) is 18.2 Å². The highest BCUT2D eigenvalue weighted by Gasteiger charge is 2.14. The van der Waals surface area contributed by atoms with Crippen molar-refractivity contribution in [3.8, 4) is 0 Å². The number of aromatic nitrogens is 1. The van der Waals surface area contributed by atoms with Crippen LogP contribution in [0.5, 0.6) is 0 Å². The van der Waals surface area contributed by atoms with Gasteiger partial charge in [0.1, 0.15) is 5.69 Å². The van der Waals surface area contributed by atoms with Crippen molar-refractivity contribution in [3.05, 3.63) is 58.9 Å². The summed E-state index contributed by atoms with van der Waals surface area (Å²) in [5.41, 5.74) is 2.31. The molecule has 104 valence electrons. The van der Waals surface area contributed by atoms with E-state index >= 15 is 0 Å². The molecule has 4 heteroatoms. The summed E-state index contributed by atoms with van der Waals surface area (Å²) in [4.78, 5) is 16.1. The molecular weight excluding hydrogens is 272 g/mol. The first kappa shape index (κ1) is 14.5. The number of hydrogen-bond acceptors (Lipinski definition) is 2. The van der Waals surface area contributed by atoms with E-state index < -0.39 is 0 Å². The van der Waals surface area contributed by atoms with Gasteiger partial charge in [0.15, 0.2) is 0 Å². The molecule has 1 heterocycles. The van der Waals surface area contributed by atoms with Gasteiger partial charge in [-0.3, -0.25) is 4.79 Å². The number of anilines is 1. The molecule has 0 unspecified atom stereocenters. The van der Waals surface area contributed by atoms with Crippen LogP contribution in [0.4, 0.5) is 5.69 Å². The number of nitrogens with zero attached hydrogens (tertiary/aromatic N) is 1. The van der Waals surface area contributed by atoms with Gasteiger partial charge in [0.25, 0.3) is 5.91 Å². The second-order valence-corrected chi connectivity index (χ2v) is 6.08. The van der Waals surface area contributed by atoms with Crippen LogP contribution in [0, 0.1) is 0 Å². The number of rotatable bonds is 2. The van der Waals surface area contributed by atoms with Crippen LogP contribution in [0.2, 0.25) is 5.02 Å². The maximum atomic E-state index is 12.1. The van der Waals surface area contributed by atoms with Crippen LogP contribution in [-0.4, -0.2) is 10.9 Å². The fraction of sp³-hybridized carbons (Fsp3) is 0.250. The van der Waals surface area contributed by atoms with Gasteiger partial charge in [-0.25, -0.2) is 4.98 Å². The Labute approximate surface area is 124 Å². The Kier molecular flexibility index (Phi) is 4.09. The number of hydrogen-bond donors (Lipinski definition) is 1. The molecule has 1 aromatic heterocycles.